The highest BCUT2D eigenvalue weighted by atomic mass is 14.8. The maximum atomic E-state index is 6.20. The maximum Gasteiger partial charge on any atom is 0.0196 e. The van der Waals surface area contributed by atoms with Crippen molar-refractivity contribution in [2.24, 2.45) is 5.73 Å². The predicted octanol–water partition coefficient (Wildman–Crippen LogP) is 3.45. The molecule has 0 atom stereocenters. The molecule has 0 bridgehead atoms. The lowest BCUT2D eigenvalue weighted by Crippen LogP contribution is -2.25. The van der Waals surface area contributed by atoms with Crippen molar-refractivity contribution >= 4 is 0 Å². The van der Waals surface area contributed by atoms with Gasteiger partial charge in [0.25, 0.3) is 0 Å². The van der Waals surface area contributed by atoms with Crippen molar-refractivity contribution in [1.82, 2.24) is 0 Å². The number of aryl methyl sites for hydroxylation is 1. The first kappa shape index (κ1) is 11.7. The highest BCUT2D eigenvalue weighted by Crippen LogP contribution is 2.36. The van der Waals surface area contributed by atoms with Gasteiger partial charge in [0.1, 0.15) is 0 Å². The molecule has 0 radical (unpaired) electrons. The Morgan fingerprint density at radius 3 is 2.44 bits per heavy atom. The molecule has 1 aliphatic carbocycles. The summed E-state index contributed by atoms with van der Waals surface area (Å²) in [4.78, 5) is 0. The summed E-state index contributed by atoms with van der Waals surface area (Å²) in [7, 11) is 0. The summed E-state index contributed by atoms with van der Waals surface area (Å²) in [6, 6.07) is 8.83. The number of rotatable bonds is 6. The first-order chi connectivity index (χ1) is 7.73. The fourth-order valence-corrected chi connectivity index (χ4v) is 2.26. The Labute approximate surface area is 99.0 Å². The molecule has 1 heteroatoms. The van der Waals surface area contributed by atoms with Crippen molar-refractivity contribution in [2.45, 2.75) is 57.4 Å². The van der Waals surface area contributed by atoms with Gasteiger partial charge in [0.15, 0.2) is 0 Å². The normalized spacial score (nSPS) is 17.4. The van der Waals surface area contributed by atoms with Crippen molar-refractivity contribution in [2.75, 3.05) is 0 Å². The zero-order valence-corrected chi connectivity index (χ0v) is 10.3. The van der Waals surface area contributed by atoms with Crippen LogP contribution in [0.2, 0.25) is 0 Å². The van der Waals surface area contributed by atoms with Gasteiger partial charge in [-0.3, -0.25) is 0 Å². The zero-order valence-electron chi connectivity index (χ0n) is 10.3. The minimum absolute atomic E-state index is 0.140. The standard InChI is InChI=1S/C15H23N/c1-2-3-4-7-13-8-5-6-9-14(13)12-15(16)10-11-15/h5-6,8-9H,2-4,7,10-12,16H2,1H3. The van der Waals surface area contributed by atoms with E-state index in [4.69, 9.17) is 5.73 Å². The Morgan fingerprint density at radius 1 is 1.12 bits per heavy atom. The third-order valence-corrected chi connectivity index (χ3v) is 3.60. The SMILES string of the molecule is CCCCCc1ccccc1CC1(N)CC1. The lowest BCUT2D eigenvalue weighted by atomic mass is 9.96. The maximum absolute atomic E-state index is 6.20. The van der Waals surface area contributed by atoms with E-state index in [1.54, 1.807) is 0 Å². The van der Waals surface area contributed by atoms with Gasteiger partial charge < -0.3 is 5.73 Å². The average Bonchev–Trinajstić information content (AvgIpc) is 2.99. The molecule has 1 aliphatic rings. The van der Waals surface area contributed by atoms with Crippen LogP contribution in [0.1, 0.15) is 50.2 Å². The van der Waals surface area contributed by atoms with Crippen LogP contribution in [0.25, 0.3) is 0 Å². The van der Waals surface area contributed by atoms with E-state index in [1.807, 2.05) is 0 Å². The van der Waals surface area contributed by atoms with Crippen LogP contribution in [0.4, 0.5) is 0 Å². The van der Waals surface area contributed by atoms with E-state index in [0.29, 0.717) is 0 Å². The van der Waals surface area contributed by atoms with E-state index in [-0.39, 0.29) is 5.54 Å². The fraction of sp³-hybridized carbons (Fsp3) is 0.600. The molecular weight excluding hydrogens is 194 g/mol. The van der Waals surface area contributed by atoms with E-state index in [1.165, 1.54) is 49.7 Å². The largest absolute Gasteiger partial charge is 0.325 e. The quantitative estimate of drug-likeness (QED) is 0.726. The second-order valence-corrected chi connectivity index (χ2v) is 5.26. The van der Waals surface area contributed by atoms with Crippen molar-refractivity contribution in [1.29, 1.82) is 0 Å². The molecule has 1 fully saturated rings. The highest BCUT2D eigenvalue weighted by Gasteiger charge is 2.38. The van der Waals surface area contributed by atoms with Crippen molar-refractivity contribution in [3.8, 4) is 0 Å². The van der Waals surface area contributed by atoms with Gasteiger partial charge >= 0.3 is 0 Å². The Balaban J connectivity index is 1.99. The van der Waals surface area contributed by atoms with Crippen LogP contribution in [-0.4, -0.2) is 5.54 Å². The van der Waals surface area contributed by atoms with E-state index in [0.717, 1.165) is 6.42 Å². The van der Waals surface area contributed by atoms with Crippen LogP contribution in [0.15, 0.2) is 24.3 Å². The Hall–Kier alpha value is -0.820. The number of nitrogens with two attached hydrogens (primary N) is 1. The summed E-state index contributed by atoms with van der Waals surface area (Å²) in [5.41, 5.74) is 9.35. The molecule has 0 heterocycles. The highest BCUT2D eigenvalue weighted by molar-refractivity contribution is 5.30. The molecule has 0 amide bonds. The minimum Gasteiger partial charge on any atom is -0.325 e. The molecule has 0 spiro atoms. The van der Waals surface area contributed by atoms with Crippen LogP contribution in [0, 0.1) is 0 Å². The molecule has 1 aromatic rings. The van der Waals surface area contributed by atoms with Gasteiger partial charge in [-0.2, -0.15) is 0 Å². The summed E-state index contributed by atoms with van der Waals surface area (Å²) in [5.74, 6) is 0. The Bertz CT molecular complexity index is 339. The summed E-state index contributed by atoms with van der Waals surface area (Å²) in [5, 5.41) is 0. The van der Waals surface area contributed by atoms with Crippen LogP contribution >= 0.6 is 0 Å². The lowest BCUT2D eigenvalue weighted by Gasteiger charge is -2.13. The van der Waals surface area contributed by atoms with Crippen LogP contribution in [-0.2, 0) is 12.8 Å². The summed E-state index contributed by atoms with van der Waals surface area (Å²) in [6.45, 7) is 2.25. The third kappa shape index (κ3) is 3.08. The van der Waals surface area contributed by atoms with Crippen LogP contribution in [0.3, 0.4) is 0 Å². The molecule has 1 saturated carbocycles. The van der Waals surface area contributed by atoms with E-state index in [9.17, 15) is 0 Å². The van der Waals surface area contributed by atoms with Crippen LogP contribution < -0.4 is 5.73 Å². The van der Waals surface area contributed by atoms with Gasteiger partial charge in [-0.15, -0.1) is 0 Å². The third-order valence-electron chi connectivity index (χ3n) is 3.60. The fourth-order valence-electron chi connectivity index (χ4n) is 2.26. The van der Waals surface area contributed by atoms with Gasteiger partial charge in [-0.1, -0.05) is 44.0 Å². The zero-order chi connectivity index (χ0) is 11.4. The predicted molar refractivity (Wildman–Crippen MR) is 69.5 cm³/mol. The Morgan fingerprint density at radius 2 is 1.81 bits per heavy atom. The first-order valence-corrected chi connectivity index (χ1v) is 6.59. The number of hydrogen-bond acceptors (Lipinski definition) is 1. The van der Waals surface area contributed by atoms with Gasteiger partial charge in [-0.05, 0) is 43.2 Å². The molecule has 2 N–H and O–H groups in total. The van der Waals surface area contributed by atoms with Crippen molar-refractivity contribution in [3.05, 3.63) is 35.4 Å². The van der Waals surface area contributed by atoms with Crippen LogP contribution in [0.5, 0.6) is 0 Å². The molecule has 16 heavy (non-hydrogen) atoms. The molecule has 0 unspecified atom stereocenters. The van der Waals surface area contributed by atoms with Crippen molar-refractivity contribution in [3.63, 3.8) is 0 Å². The van der Waals surface area contributed by atoms with Gasteiger partial charge in [-0.25, -0.2) is 0 Å². The van der Waals surface area contributed by atoms with E-state index < -0.39 is 0 Å². The number of unbranched alkanes of at least 4 members (excludes halogenated alkanes) is 2. The molecule has 88 valence electrons. The molecule has 2 rings (SSSR count). The van der Waals surface area contributed by atoms with E-state index >= 15 is 0 Å². The Kier molecular flexibility index (Phi) is 3.65. The van der Waals surface area contributed by atoms with E-state index in [2.05, 4.69) is 31.2 Å². The second kappa shape index (κ2) is 5.01. The topological polar surface area (TPSA) is 26.0 Å². The minimum atomic E-state index is 0.140. The monoisotopic (exact) mass is 217 g/mol. The number of hydrogen-bond donors (Lipinski definition) is 1. The molecule has 0 aromatic heterocycles. The molecule has 1 aromatic carbocycles. The summed E-state index contributed by atoms with van der Waals surface area (Å²) >= 11 is 0. The smallest absolute Gasteiger partial charge is 0.0196 e. The average molecular weight is 217 g/mol. The lowest BCUT2D eigenvalue weighted by molar-refractivity contribution is 0.658. The van der Waals surface area contributed by atoms with Crippen molar-refractivity contribution < 1.29 is 0 Å². The second-order valence-electron chi connectivity index (χ2n) is 5.26. The number of benzene rings is 1. The summed E-state index contributed by atoms with van der Waals surface area (Å²) in [6.07, 6.45) is 8.65. The molecule has 0 aliphatic heterocycles. The molecule has 1 nitrogen and oxygen atoms in total. The summed E-state index contributed by atoms with van der Waals surface area (Å²) < 4.78 is 0. The van der Waals surface area contributed by atoms with Gasteiger partial charge in [0.2, 0.25) is 0 Å². The van der Waals surface area contributed by atoms with Gasteiger partial charge in [0.05, 0.1) is 0 Å². The first-order valence-electron chi connectivity index (χ1n) is 6.59. The molecule has 0 saturated heterocycles. The molecular formula is C15H23N. The van der Waals surface area contributed by atoms with Gasteiger partial charge in [0, 0.05) is 5.54 Å².